The molecule has 4 aromatic rings. The number of amides is 1. The molecule has 162 valence electrons. The van der Waals surface area contributed by atoms with Crippen molar-refractivity contribution in [3.63, 3.8) is 0 Å². The lowest BCUT2D eigenvalue weighted by Gasteiger charge is -2.18. The zero-order valence-electron chi connectivity index (χ0n) is 18.0. The Hall–Kier alpha value is -3.87. The van der Waals surface area contributed by atoms with Crippen molar-refractivity contribution in [1.29, 1.82) is 0 Å². The lowest BCUT2D eigenvalue weighted by molar-refractivity contribution is -0.134. The van der Waals surface area contributed by atoms with Gasteiger partial charge >= 0.3 is 0 Å². The van der Waals surface area contributed by atoms with Crippen molar-refractivity contribution in [2.24, 2.45) is 0 Å². The predicted molar refractivity (Wildman–Crippen MR) is 119 cm³/mol. The van der Waals surface area contributed by atoms with Crippen LogP contribution in [0.25, 0.3) is 11.5 Å². The van der Waals surface area contributed by atoms with Crippen LogP contribution in [0.3, 0.4) is 0 Å². The Labute approximate surface area is 185 Å². The number of rotatable bonds is 5. The fourth-order valence-corrected chi connectivity index (χ4v) is 4.12. The number of halogens is 1. The summed E-state index contributed by atoms with van der Waals surface area (Å²) in [6, 6.07) is 16.3. The number of ether oxygens (including phenoxy) is 1. The van der Waals surface area contributed by atoms with Crippen LogP contribution in [-0.4, -0.2) is 31.8 Å². The summed E-state index contributed by atoms with van der Waals surface area (Å²) >= 11 is 0. The summed E-state index contributed by atoms with van der Waals surface area (Å²) < 4.78 is 23.2. The maximum absolute atomic E-state index is 13.8. The molecule has 6 nitrogen and oxygen atoms in total. The van der Waals surface area contributed by atoms with E-state index in [1.54, 1.807) is 17.0 Å². The van der Waals surface area contributed by atoms with Crippen LogP contribution in [0, 0.1) is 19.7 Å². The number of fused-ring (bicyclic) bond motifs is 1. The smallest absolute Gasteiger partial charge is 0.261 e. The summed E-state index contributed by atoms with van der Waals surface area (Å²) in [6.07, 6.45) is 3.95. The number of para-hydroxylation sites is 1. The third-order valence-corrected chi connectivity index (χ3v) is 5.70. The van der Waals surface area contributed by atoms with E-state index in [2.05, 4.69) is 32.0 Å². The summed E-state index contributed by atoms with van der Waals surface area (Å²) in [4.78, 5) is 14.5. The lowest BCUT2D eigenvalue weighted by atomic mass is 10.1. The second kappa shape index (κ2) is 8.00. The fraction of sp³-hybridized carbons (Fsp3) is 0.200. The largest absolute Gasteiger partial charge is 0.481 e. The van der Waals surface area contributed by atoms with Gasteiger partial charge in [-0.25, -0.2) is 9.07 Å². The van der Waals surface area contributed by atoms with Crippen molar-refractivity contribution in [3.05, 3.63) is 95.2 Å². The highest BCUT2D eigenvalue weighted by Crippen LogP contribution is 2.31. The van der Waals surface area contributed by atoms with Crippen molar-refractivity contribution in [3.8, 4) is 17.3 Å². The van der Waals surface area contributed by atoms with E-state index in [1.807, 2.05) is 33.8 Å². The van der Waals surface area contributed by atoms with Gasteiger partial charge in [-0.15, -0.1) is 0 Å². The molecule has 0 fully saturated rings. The molecule has 1 amide bonds. The molecule has 2 aromatic heterocycles. The van der Waals surface area contributed by atoms with Crippen LogP contribution in [0.5, 0.6) is 5.75 Å². The average molecular weight is 430 g/mol. The Balaban J connectivity index is 1.42. The number of carbonyl (C=O) groups is 1. The Kier molecular flexibility index (Phi) is 5.01. The minimum absolute atomic E-state index is 0.0749. The standard InChI is InChI=1S/C25H23FN4O2/c1-17-9-10-22(18(2)13-17)30-25(28-11-5-6-12-28)19-14-29(15-21(19)27-30)24(31)16-32-23-8-4-3-7-20(23)26/h3-13H,14-16H2,1-2H3. The summed E-state index contributed by atoms with van der Waals surface area (Å²) in [5.74, 6) is 0.306. The van der Waals surface area contributed by atoms with E-state index in [0.29, 0.717) is 13.1 Å². The first-order chi connectivity index (χ1) is 15.5. The van der Waals surface area contributed by atoms with Gasteiger partial charge in [0, 0.05) is 18.0 Å². The van der Waals surface area contributed by atoms with E-state index >= 15 is 0 Å². The van der Waals surface area contributed by atoms with Gasteiger partial charge in [0.2, 0.25) is 0 Å². The first kappa shape index (κ1) is 20.1. The fourth-order valence-electron chi connectivity index (χ4n) is 4.12. The van der Waals surface area contributed by atoms with E-state index in [1.165, 1.54) is 17.7 Å². The predicted octanol–water partition coefficient (Wildman–Crippen LogP) is 4.34. The van der Waals surface area contributed by atoms with E-state index in [9.17, 15) is 9.18 Å². The average Bonchev–Trinajstić information content (AvgIpc) is 3.49. The summed E-state index contributed by atoms with van der Waals surface area (Å²) in [7, 11) is 0. The summed E-state index contributed by atoms with van der Waals surface area (Å²) in [5, 5.41) is 4.87. The van der Waals surface area contributed by atoms with Crippen molar-refractivity contribution in [2.45, 2.75) is 26.9 Å². The van der Waals surface area contributed by atoms with Crippen LogP contribution in [0.2, 0.25) is 0 Å². The minimum atomic E-state index is -0.482. The van der Waals surface area contributed by atoms with E-state index in [0.717, 1.165) is 28.3 Å². The monoisotopic (exact) mass is 430 g/mol. The molecule has 7 heteroatoms. The molecule has 1 aliphatic heterocycles. The van der Waals surface area contributed by atoms with Crippen LogP contribution < -0.4 is 4.74 Å². The Morgan fingerprint density at radius 1 is 1.06 bits per heavy atom. The first-order valence-corrected chi connectivity index (χ1v) is 10.5. The van der Waals surface area contributed by atoms with E-state index < -0.39 is 5.82 Å². The molecular formula is C25H23FN4O2. The normalized spacial score (nSPS) is 12.8. The van der Waals surface area contributed by atoms with E-state index in [-0.39, 0.29) is 18.3 Å². The van der Waals surface area contributed by atoms with Crippen LogP contribution >= 0.6 is 0 Å². The number of aryl methyl sites for hydroxylation is 2. The number of aromatic nitrogens is 3. The second-order valence-corrected chi connectivity index (χ2v) is 8.01. The molecule has 0 saturated heterocycles. The lowest BCUT2D eigenvalue weighted by Crippen LogP contribution is -2.31. The first-order valence-electron chi connectivity index (χ1n) is 10.5. The molecule has 0 atom stereocenters. The Morgan fingerprint density at radius 3 is 2.59 bits per heavy atom. The van der Waals surface area contributed by atoms with Gasteiger partial charge in [0.25, 0.3) is 5.91 Å². The van der Waals surface area contributed by atoms with Crippen molar-refractivity contribution in [1.82, 2.24) is 19.2 Å². The van der Waals surface area contributed by atoms with Crippen molar-refractivity contribution < 1.29 is 13.9 Å². The molecule has 1 aliphatic rings. The topological polar surface area (TPSA) is 52.3 Å². The van der Waals surface area contributed by atoms with Gasteiger partial charge in [-0.05, 0) is 49.7 Å². The highest BCUT2D eigenvalue weighted by molar-refractivity contribution is 5.78. The Bertz CT molecular complexity index is 1290. The van der Waals surface area contributed by atoms with Gasteiger partial charge in [-0.2, -0.15) is 5.10 Å². The molecule has 0 radical (unpaired) electrons. The summed E-state index contributed by atoms with van der Waals surface area (Å²) in [5.41, 5.74) is 5.19. The number of benzene rings is 2. The maximum Gasteiger partial charge on any atom is 0.261 e. The van der Waals surface area contributed by atoms with Crippen LogP contribution in [0.1, 0.15) is 22.4 Å². The SMILES string of the molecule is Cc1ccc(-n2nc3c(c2-n2cccc2)CN(C(=O)COc2ccccc2F)C3)c(C)c1. The minimum Gasteiger partial charge on any atom is -0.481 e. The van der Waals surface area contributed by atoms with Gasteiger partial charge in [-0.1, -0.05) is 29.8 Å². The van der Waals surface area contributed by atoms with Gasteiger partial charge in [0.15, 0.2) is 18.2 Å². The summed E-state index contributed by atoms with van der Waals surface area (Å²) in [6.45, 7) is 4.74. The molecule has 0 saturated carbocycles. The van der Waals surface area contributed by atoms with E-state index in [4.69, 9.17) is 9.84 Å². The Morgan fingerprint density at radius 2 is 1.84 bits per heavy atom. The molecule has 32 heavy (non-hydrogen) atoms. The highest BCUT2D eigenvalue weighted by Gasteiger charge is 2.31. The third kappa shape index (κ3) is 3.56. The zero-order valence-corrected chi connectivity index (χ0v) is 18.0. The quantitative estimate of drug-likeness (QED) is 0.473. The molecule has 3 heterocycles. The van der Waals surface area contributed by atoms with Gasteiger partial charge in [-0.3, -0.25) is 4.79 Å². The van der Waals surface area contributed by atoms with Crippen molar-refractivity contribution >= 4 is 5.91 Å². The maximum atomic E-state index is 13.8. The van der Waals surface area contributed by atoms with Crippen LogP contribution in [0.15, 0.2) is 67.0 Å². The molecule has 0 aliphatic carbocycles. The van der Waals surface area contributed by atoms with Crippen LogP contribution in [-0.2, 0) is 17.9 Å². The third-order valence-electron chi connectivity index (χ3n) is 5.70. The molecule has 0 N–H and O–H groups in total. The van der Waals surface area contributed by atoms with Crippen LogP contribution in [0.4, 0.5) is 4.39 Å². The van der Waals surface area contributed by atoms with Gasteiger partial charge in [0.05, 0.1) is 24.5 Å². The zero-order chi connectivity index (χ0) is 22.2. The highest BCUT2D eigenvalue weighted by atomic mass is 19.1. The molecule has 0 bridgehead atoms. The molecule has 2 aromatic carbocycles. The molecule has 0 spiro atoms. The van der Waals surface area contributed by atoms with Gasteiger partial charge in [0.1, 0.15) is 5.82 Å². The number of nitrogens with zero attached hydrogens (tertiary/aromatic N) is 4. The number of carbonyl (C=O) groups excluding carboxylic acids is 1. The molecular weight excluding hydrogens is 407 g/mol. The van der Waals surface area contributed by atoms with Crippen molar-refractivity contribution in [2.75, 3.05) is 6.61 Å². The molecule has 5 rings (SSSR count). The molecule has 0 unspecified atom stereocenters. The second-order valence-electron chi connectivity index (χ2n) is 8.01. The number of hydrogen-bond acceptors (Lipinski definition) is 3. The number of hydrogen-bond donors (Lipinski definition) is 0. The van der Waals surface area contributed by atoms with Gasteiger partial charge < -0.3 is 14.2 Å².